The maximum absolute atomic E-state index is 0. The predicted molar refractivity (Wildman–Crippen MR) is 0 cm³/mol. The van der Waals surface area contributed by atoms with Gasteiger partial charge in [0.25, 0.3) is 0 Å². The van der Waals surface area contributed by atoms with Crippen molar-refractivity contribution in [2.24, 2.45) is 0 Å². The molecule has 0 saturated carbocycles. The molecule has 0 fully saturated rings. The third-order valence-corrected chi connectivity index (χ3v) is 0. The zero-order valence-corrected chi connectivity index (χ0v) is 7.78. The zero-order valence-electron chi connectivity index (χ0n) is 2.80. The van der Waals surface area contributed by atoms with Crippen LogP contribution in [0, 0.1) is 37.3 Å². The van der Waals surface area contributed by atoms with Gasteiger partial charge in [0, 0.05) is 0 Å². The van der Waals surface area contributed by atoms with E-state index in [-0.39, 0.29) is 108 Å². The predicted octanol–water partition coefficient (Wildman–Crippen LogP) is -15.0. The molecule has 0 bridgehead atoms. The van der Waals surface area contributed by atoms with E-state index < -0.39 is 0 Å². The molecule has 0 spiro atoms. The molecule has 0 atom stereocenters. The van der Waals surface area contributed by atoms with Crippen molar-refractivity contribution in [3.63, 3.8) is 0 Å². The van der Waals surface area contributed by atoms with E-state index in [1.165, 1.54) is 0 Å². The molecule has 41 valence electrons. The van der Waals surface area contributed by atoms with E-state index in [0.29, 0.717) is 0 Å². The summed E-state index contributed by atoms with van der Waals surface area (Å²) in [5.41, 5.74) is 0. The van der Waals surface area contributed by atoms with Gasteiger partial charge in [0.1, 0.15) is 0 Å². The minimum Gasteiger partial charge on any atom is -1.00 e. The third kappa shape index (κ3) is 30.6. The number of rotatable bonds is 0. The van der Waals surface area contributed by atoms with Crippen LogP contribution in [0.3, 0.4) is 0 Å². The van der Waals surface area contributed by atoms with Crippen LogP contribution in [0.25, 0.3) is 0 Å². The summed E-state index contributed by atoms with van der Waals surface area (Å²) in [6.07, 6.45) is 0. The Hall–Kier alpha value is 2.60. The van der Waals surface area contributed by atoms with Crippen LogP contribution in [0.2, 0.25) is 0 Å². The second-order valence-corrected chi connectivity index (χ2v) is 0. The van der Waals surface area contributed by atoms with Gasteiger partial charge in [-0.25, -0.2) is 0 Å². The monoisotopic (exact) mass is 281 g/mol. The Bertz CT molecular complexity index is 7.51. The normalized spacial score (nSPS) is 0. The molecular formula is ErF4K. The minimum absolute atomic E-state index is 0. The SMILES string of the molecule is [Er+3].[F-].[F-].[F-].[F-].[K+]. The molecule has 0 unspecified atom stereocenters. The molecule has 1 radical (unpaired) electrons. The van der Waals surface area contributed by atoms with E-state index in [4.69, 9.17) is 0 Å². The zero-order chi connectivity index (χ0) is 0. The maximum Gasteiger partial charge on any atom is 3.00 e. The van der Waals surface area contributed by atoms with Gasteiger partial charge >= 0.3 is 88.7 Å². The molecule has 0 aliphatic heterocycles. The third-order valence-electron chi connectivity index (χ3n) is 0. The minimum atomic E-state index is 0. The Labute approximate surface area is 105 Å². The summed E-state index contributed by atoms with van der Waals surface area (Å²) >= 11 is 0. The molecule has 0 aliphatic rings. The van der Waals surface area contributed by atoms with E-state index in [0.717, 1.165) is 0 Å². The van der Waals surface area contributed by atoms with Crippen molar-refractivity contribution in [1.29, 1.82) is 0 Å². The van der Waals surface area contributed by atoms with Gasteiger partial charge in [-0.05, 0) is 0 Å². The van der Waals surface area contributed by atoms with E-state index in [9.17, 15) is 0 Å². The summed E-state index contributed by atoms with van der Waals surface area (Å²) < 4.78 is 0. The fraction of sp³-hybridized carbons (Fsp3) is 0. The molecule has 0 heterocycles. The van der Waals surface area contributed by atoms with Crippen LogP contribution < -0.4 is 70.2 Å². The van der Waals surface area contributed by atoms with Crippen LogP contribution in [-0.4, -0.2) is 0 Å². The average molecular weight is 282 g/mol. The molecular weight excluding hydrogens is 282 g/mol. The first kappa shape index (κ1) is 73.4. The van der Waals surface area contributed by atoms with Gasteiger partial charge < -0.3 is 18.8 Å². The maximum atomic E-state index is 0. The Morgan fingerprint density at radius 2 is 0.500 bits per heavy atom. The van der Waals surface area contributed by atoms with Gasteiger partial charge in [-0.1, -0.05) is 0 Å². The molecule has 0 aliphatic carbocycles. The fourth-order valence-corrected chi connectivity index (χ4v) is 0. The van der Waals surface area contributed by atoms with Crippen molar-refractivity contribution >= 4 is 0 Å². The van der Waals surface area contributed by atoms with Crippen molar-refractivity contribution in [3.05, 3.63) is 0 Å². The van der Waals surface area contributed by atoms with Crippen molar-refractivity contribution in [1.82, 2.24) is 0 Å². The fourth-order valence-electron chi connectivity index (χ4n) is 0. The Morgan fingerprint density at radius 1 is 0.500 bits per heavy atom. The Morgan fingerprint density at radius 3 is 0.500 bits per heavy atom. The van der Waals surface area contributed by atoms with Crippen molar-refractivity contribution in [3.8, 4) is 0 Å². The van der Waals surface area contributed by atoms with Gasteiger partial charge in [0.2, 0.25) is 0 Å². The van der Waals surface area contributed by atoms with Gasteiger partial charge in [-0.2, -0.15) is 0 Å². The Balaban J connectivity index is 0. The molecule has 6 heavy (non-hydrogen) atoms. The second kappa shape index (κ2) is 48.9. The first-order valence-electron chi connectivity index (χ1n) is 0. The van der Waals surface area contributed by atoms with Crippen LogP contribution >= 0.6 is 0 Å². The number of hydrogen-bond acceptors (Lipinski definition) is 0. The van der Waals surface area contributed by atoms with Gasteiger partial charge in [-0.15, -0.1) is 0 Å². The summed E-state index contributed by atoms with van der Waals surface area (Å²) in [4.78, 5) is 0. The van der Waals surface area contributed by atoms with E-state index in [2.05, 4.69) is 0 Å². The molecule has 6 heteroatoms. The van der Waals surface area contributed by atoms with Crippen LogP contribution in [0.1, 0.15) is 0 Å². The molecule has 0 N–H and O–H groups in total. The van der Waals surface area contributed by atoms with E-state index in [1.807, 2.05) is 0 Å². The molecule has 0 aromatic heterocycles. The van der Waals surface area contributed by atoms with Crippen LogP contribution in [-0.2, 0) is 0 Å². The van der Waals surface area contributed by atoms with Crippen molar-refractivity contribution < 1.29 is 108 Å². The summed E-state index contributed by atoms with van der Waals surface area (Å²) in [6, 6.07) is 0. The van der Waals surface area contributed by atoms with Crippen LogP contribution in [0.4, 0.5) is 0 Å². The van der Waals surface area contributed by atoms with Crippen LogP contribution in [0.15, 0.2) is 0 Å². The standard InChI is InChI=1S/Er.4FH.K/h;4*1H;/q+3;;;;;+1/p-4. The first-order chi connectivity index (χ1) is 0. The molecule has 0 nitrogen and oxygen atoms in total. The number of halogens is 4. The van der Waals surface area contributed by atoms with E-state index >= 15 is 0 Å². The number of hydrogen-bond donors (Lipinski definition) is 0. The van der Waals surface area contributed by atoms with Crippen molar-refractivity contribution in [2.75, 3.05) is 0 Å². The largest absolute Gasteiger partial charge is 3.00 e. The van der Waals surface area contributed by atoms with Gasteiger partial charge in [-0.3, -0.25) is 0 Å². The van der Waals surface area contributed by atoms with Gasteiger partial charge in [0.05, 0.1) is 0 Å². The quantitative estimate of drug-likeness (QED) is 0.306. The second-order valence-electron chi connectivity index (χ2n) is 0. The summed E-state index contributed by atoms with van der Waals surface area (Å²) in [6.45, 7) is 0. The summed E-state index contributed by atoms with van der Waals surface area (Å²) in [5.74, 6) is 0. The summed E-state index contributed by atoms with van der Waals surface area (Å²) in [7, 11) is 0. The molecule has 0 aromatic rings. The van der Waals surface area contributed by atoms with Crippen LogP contribution in [0.5, 0.6) is 0 Å². The van der Waals surface area contributed by atoms with E-state index in [1.54, 1.807) is 0 Å². The molecule has 0 rings (SSSR count). The topological polar surface area (TPSA) is 0 Å². The molecule has 0 saturated heterocycles. The smallest absolute Gasteiger partial charge is 1.00 e. The molecule has 0 aromatic carbocycles. The van der Waals surface area contributed by atoms with Gasteiger partial charge in [0.15, 0.2) is 0 Å². The first-order valence-corrected chi connectivity index (χ1v) is 0. The molecule has 0 amide bonds. The van der Waals surface area contributed by atoms with Crippen molar-refractivity contribution in [2.45, 2.75) is 0 Å². The Kier molecular flexibility index (Phi) is 598. The summed E-state index contributed by atoms with van der Waals surface area (Å²) in [5, 5.41) is 0. The average Bonchev–Trinajstić information content (AvgIpc) is 0.